The molecule has 5 heteroatoms. The highest BCUT2D eigenvalue weighted by molar-refractivity contribution is 7.12. The lowest BCUT2D eigenvalue weighted by molar-refractivity contribution is 0.0950. The van der Waals surface area contributed by atoms with Crippen LogP contribution in [-0.4, -0.2) is 25.7 Å². The second-order valence-electron chi connectivity index (χ2n) is 3.64. The zero-order chi connectivity index (χ0) is 10.7. The number of anilines is 1. The van der Waals surface area contributed by atoms with Gasteiger partial charge in [0.05, 0.1) is 12.3 Å². The normalized spacial score (nSPS) is 20.4. The molecule has 0 aliphatic carbocycles. The van der Waals surface area contributed by atoms with Crippen molar-refractivity contribution in [3.63, 3.8) is 0 Å². The molecule has 2 rings (SSSR count). The lowest BCUT2D eigenvalue weighted by atomic mass is 10.1. The van der Waals surface area contributed by atoms with Crippen molar-refractivity contribution >= 4 is 22.9 Å². The minimum Gasteiger partial charge on any atom is -0.397 e. The van der Waals surface area contributed by atoms with Crippen LogP contribution >= 0.6 is 11.3 Å². The highest BCUT2D eigenvalue weighted by atomic mass is 32.1. The van der Waals surface area contributed by atoms with Crippen molar-refractivity contribution in [2.45, 2.75) is 6.42 Å². The van der Waals surface area contributed by atoms with E-state index < -0.39 is 0 Å². The van der Waals surface area contributed by atoms with E-state index in [0.29, 0.717) is 23.0 Å². The van der Waals surface area contributed by atoms with Crippen LogP contribution in [0.25, 0.3) is 0 Å². The molecule has 1 aromatic heterocycles. The van der Waals surface area contributed by atoms with Crippen molar-refractivity contribution < 1.29 is 9.53 Å². The van der Waals surface area contributed by atoms with Gasteiger partial charge in [-0.3, -0.25) is 4.79 Å². The largest absolute Gasteiger partial charge is 0.397 e. The number of ether oxygens (including phenoxy) is 1. The number of thiophene rings is 1. The fourth-order valence-electron chi connectivity index (χ4n) is 1.57. The number of nitrogens with one attached hydrogen (secondary N) is 1. The molecule has 1 aliphatic rings. The first kappa shape index (κ1) is 10.4. The lowest BCUT2D eigenvalue weighted by Crippen LogP contribution is -2.29. The molecule has 1 saturated heterocycles. The first-order valence-electron chi connectivity index (χ1n) is 4.96. The van der Waals surface area contributed by atoms with E-state index in [2.05, 4.69) is 5.32 Å². The molecule has 1 aromatic rings. The van der Waals surface area contributed by atoms with Gasteiger partial charge in [0.2, 0.25) is 0 Å². The standard InChI is InChI=1S/C10H14N2O2S/c11-8-2-4-15-9(8)10(13)12-5-7-1-3-14-6-7/h2,4,7H,1,3,5-6,11H2,(H,12,13). The third-order valence-electron chi connectivity index (χ3n) is 2.48. The number of carbonyl (C=O) groups excluding carboxylic acids is 1. The van der Waals surface area contributed by atoms with Gasteiger partial charge in [0, 0.05) is 19.1 Å². The van der Waals surface area contributed by atoms with Gasteiger partial charge < -0.3 is 15.8 Å². The summed E-state index contributed by atoms with van der Waals surface area (Å²) in [6, 6.07) is 1.75. The SMILES string of the molecule is Nc1ccsc1C(=O)NCC1CCOC1. The summed E-state index contributed by atoms with van der Waals surface area (Å²) in [5.74, 6) is 0.379. The quantitative estimate of drug-likeness (QED) is 0.811. The summed E-state index contributed by atoms with van der Waals surface area (Å²) < 4.78 is 5.23. The zero-order valence-corrected chi connectivity index (χ0v) is 9.18. The Bertz CT molecular complexity index is 345. The lowest BCUT2D eigenvalue weighted by Gasteiger charge is -2.08. The Morgan fingerprint density at radius 1 is 1.73 bits per heavy atom. The molecule has 0 radical (unpaired) electrons. The monoisotopic (exact) mass is 226 g/mol. The van der Waals surface area contributed by atoms with E-state index >= 15 is 0 Å². The van der Waals surface area contributed by atoms with Gasteiger partial charge in [0.15, 0.2) is 0 Å². The van der Waals surface area contributed by atoms with Crippen LogP contribution in [0.1, 0.15) is 16.1 Å². The van der Waals surface area contributed by atoms with Crippen LogP contribution in [-0.2, 0) is 4.74 Å². The molecule has 3 N–H and O–H groups in total. The third kappa shape index (κ3) is 2.49. The van der Waals surface area contributed by atoms with Crippen molar-refractivity contribution in [1.82, 2.24) is 5.32 Å². The molecule has 1 aliphatic heterocycles. The van der Waals surface area contributed by atoms with E-state index in [-0.39, 0.29) is 5.91 Å². The summed E-state index contributed by atoms with van der Waals surface area (Å²) in [7, 11) is 0. The predicted molar refractivity (Wildman–Crippen MR) is 60.0 cm³/mol. The maximum absolute atomic E-state index is 11.7. The second-order valence-corrected chi connectivity index (χ2v) is 4.56. The number of hydrogen-bond donors (Lipinski definition) is 2. The van der Waals surface area contributed by atoms with Gasteiger partial charge in [-0.25, -0.2) is 0 Å². The molecule has 1 amide bonds. The zero-order valence-electron chi connectivity index (χ0n) is 8.36. The van der Waals surface area contributed by atoms with Crippen LogP contribution < -0.4 is 11.1 Å². The van der Waals surface area contributed by atoms with Gasteiger partial charge in [0.25, 0.3) is 5.91 Å². The first-order chi connectivity index (χ1) is 7.27. The average Bonchev–Trinajstić information content (AvgIpc) is 2.84. The summed E-state index contributed by atoms with van der Waals surface area (Å²) in [4.78, 5) is 12.3. The fourth-order valence-corrected chi connectivity index (χ4v) is 2.30. The van der Waals surface area contributed by atoms with Crippen molar-refractivity contribution in [3.05, 3.63) is 16.3 Å². The number of nitrogen functional groups attached to an aromatic ring is 1. The van der Waals surface area contributed by atoms with Gasteiger partial charge in [-0.2, -0.15) is 0 Å². The molecular formula is C10H14N2O2S. The Balaban J connectivity index is 1.84. The van der Waals surface area contributed by atoms with Gasteiger partial charge in [-0.1, -0.05) is 0 Å². The molecule has 4 nitrogen and oxygen atoms in total. The van der Waals surface area contributed by atoms with Crippen LogP contribution in [0.15, 0.2) is 11.4 Å². The number of amides is 1. The molecule has 82 valence electrons. The van der Waals surface area contributed by atoms with Crippen LogP contribution in [0.2, 0.25) is 0 Å². The second kappa shape index (κ2) is 4.63. The number of hydrogen-bond acceptors (Lipinski definition) is 4. The van der Waals surface area contributed by atoms with Crippen molar-refractivity contribution in [2.24, 2.45) is 5.92 Å². The Morgan fingerprint density at radius 2 is 2.60 bits per heavy atom. The fraction of sp³-hybridized carbons (Fsp3) is 0.500. The minimum atomic E-state index is -0.0746. The van der Waals surface area contributed by atoms with Gasteiger partial charge in [-0.15, -0.1) is 11.3 Å². The van der Waals surface area contributed by atoms with E-state index in [0.717, 1.165) is 19.6 Å². The molecule has 0 aromatic carbocycles. The minimum absolute atomic E-state index is 0.0746. The molecule has 0 spiro atoms. The molecule has 1 atom stereocenters. The molecule has 0 bridgehead atoms. The molecule has 15 heavy (non-hydrogen) atoms. The Morgan fingerprint density at radius 3 is 3.20 bits per heavy atom. The average molecular weight is 226 g/mol. The molecule has 1 unspecified atom stereocenters. The van der Waals surface area contributed by atoms with Crippen molar-refractivity contribution in [1.29, 1.82) is 0 Å². The van der Waals surface area contributed by atoms with Gasteiger partial charge in [-0.05, 0) is 17.9 Å². The first-order valence-corrected chi connectivity index (χ1v) is 5.84. The highest BCUT2D eigenvalue weighted by Crippen LogP contribution is 2.18. The third-order valence-corrected chi connectivity index (χ3v) is 3.41. The number of carbonyl (C=O) groups is 1. The summed E-state index contributed by atoms with van der Waals surface area (Å²) in [5.41, 5.74) is 6.21. The van der Waals surface area contributed by atoms with Gasteiger partial charge >= 0.3 is 0 Å². The Hall–Kier alpha value is -1.07. The predicted octanol–water partition coefficient (Wildman–Crippen LogP) is 1.10. The van der Waals surface area contributed by atoms with E-state index in [4.69, 9.17) is 10.5 Å². The van der Waals surface area contributed by atoms with E-state index in [9.17, 15) is 4.79 Å². The summed E-state index contributed by atoms with van der Waals surface area (Å²) in [6.07, 6.45) is 1.03. The Labute approximate surface area is 92.4 Å². The van der Waals surface area contributed by atoms with Gasteiger partial charge in [0.1, 0.15) is 4.88 Å². The molecule has 0 saturated carbocycles. The summed E-state index contributed by atoms with van der Waals surface area (Å²) in [6.45, 7) is 2.23. The van der Waals surface area contributed by atoms with Crippen molar-refractivity contribution in [2.75, 3.05) is 25.5 Å². The molecule has 1 fully saturated rings. The smallest absolute Gasteiger partial charge is 0.263 e. The van der Waals surface area contributed by atoms with E-state index in [1.165, 1.54) is 11.3 Å². The maximum atomic E-state index is 11.7. The van der Waals surface area contributed by atoms with E-state index in [1.807, 2.05) is 5.38 Å². The number of nitrogens with two attached hydrogens (primary N) is 1. The summed E-state index contributed by atoms with van der Waals surface area (Å²) >= 11 is 1.37. The van der Waals surface area contributed by atoms with Crippen LogP contribution in [0.5, 0.6) is 0 Å². The molecular weight excluding hydrogens is 212 g/mol. The van der Waals surface area contributed by atoms with Crippen LogP contribution in [0.3, 0.4) is 0 Å². The van der Waals surface area contributed by atoms with E-state index in [1.54, 1.807) is 6.07 Å². The number of rotatable bonds is 3. The van der Waals surface area contributed by atoms with Crippen LogP contribution in [0.4, 0.5) is 5.69 Å². The highest BCUT2D eigenvalue weighted by Gasteiger charge is 2.17. The summed E-state index contributed by atoms with van der Waals surface area (Å²) in [5, 5.41) is 4.70. The van der Waals surface area contributed by atoms with Crippen molar-refractivity contribution in [3.8, 4) is 0 Å². The topological polar surface area (TPSA) is 64.4 Å². The Kier molecular flexibility index (Phi) is 3.23. The maximum Gasteiger partial charge on any atom is 0.263 e. The van der Waals surface area contributed by atoms with Crippen LogP contribution in [0, 0.1) is 5.92 Å². The molecule has 2 heterocycles.